The van der Waals surface area contributed by atoms with Gasteiger partial charge in [0.1, 0.15) is 17.4 Å². The van der Waals surface area contributed by atoms with Crippen LogP contribution in [0.15, 0.2) is 53.3 Å². The van der Waals surface area contributed by atoms with E-state index in [1.807, 2.05) is 26.0 Å². The van der Waals surface area contributed by atoms with Crippen LogP contribution in [0.25, 0.3) is 4.96 Å². The molecule has 1 amide bonds. The fourth-order valence-electron chi connectivity index (χ4n) is 3.15. The van der Waals surface area contributed by atoms with Gasteiger partial charge in [0, 0.05) is 6.07 Å². The molecule has 0 fully saturated rings. The van der Waals surface area contributed by atoms with E-state index in [0.717, 1.165) is 11.1 Å². The molecule has 2 heterocycles. The number of hydrogen-bond acceptors (Lipinski definition) is 8. The maximum atomic E-state index is 12.7. The Hall–Kier alpha value is -4.05. The molecule has 0 unspecified atom stereocenters. The minimum Gasteiger partial charge on any atom is -0.484 e. The van der Waals surface area contributed by atoms with Gasteiger partial charge in [-0.1, -0.05) is 29.5 Å². The lowest BCUT2D eigenvalue weighted by molar-refractivity contribution is -0.118. The Kier molecular flexibility index (Phi) is 6.69. The van der Waals surface area contributed by atoms with Gasteiger partial charge >= 0.3 is 5.97 Å². The molecule has 10 heteroatoms. The molecule has 0 radical (unpaired) electrons. The molecular weight excluding hydrogens is 456 g/mol. The van der Waals surface area contributed by atoms with Crippen molar-refractivity contribution in [2.45, 2.75) is 27.4 Å². The number of carbonyl (C=O) groups excluding carboxylic acids is 2. The molecule has 0 spiro atoms. The number of ether oxygens (including phenoxy) is 2. The van der Waals surface area contributed by atoms with Gasteiger partial charge in [-0.2, -0.15) is 9.61 Å². The number of para-hydroxylation sites is 1. The molecule has 1 N–H and O–H groups in total. The lowest BCUT2D eigenvalue weighted by Crippen LogP contribution is -2.22. The number of aryl methyl sites for hydroxylation is 3. The number of fused-ring (bicyclic) bond motifs is 1. The Bertz CT molecular complexity index is 1440. The molecule has 0 saturated carbocycles. The second kappa shape index (κ2) is 9.84. The highest BCUT2D eigenvalue weighted by atomic mass is 32.1. The van der Waals surface area contributed by atoms with Crippen LogP contribution in [0.3, 0.4) is 0 Å². The molecule has 0 saturated heterocycles. The maximum Gasteiger partial charge on any atom is 0.340 e. The SMILES string of the molecule is Cc1nn2c(=O)cc(COC(=O)c3ccccc3NC(=O)COc3ccc(C)c(C)c3)nc2s1. The summed E-state index contributed by atoms with van der Waals surface area (Å²) in [4.78, 5) is 42.0. The minimum atomic E-state index is -0.659. The second-order valence-electron chi connectivity index (χ2n) is 7.61. The fourth-order valence-corrected chi connectivity index (χ4v) is 3.92. The molecule has 4 rings (SSSR count). The first kappa shape index (κ1) is 23.1. The van der Waals surface area contributed by atoms with Gasteiger partial charge in [-0.3, -0.25) is 9.59 Å². The third-order valence-electron chi connectivity index (χ3n) is 5.02. The number of nitrogens with zero attached hydrogens (tertiary/aromatic N) is 3. The fraction of sp³-hybridized carbons (Fsp3) is 0.208. The smallest absolute Gasteiger partial charge is 0.340 e. The summed E-state index contributed by atoms with van der Waals surface area (Å²) in [7, 11) is 0. The number of esters is 1. The van der Waals surface area contributed by atoms with Crippen LogP contribution in [-0.2, 0) is 16.1 Å². The number of nitrogens with one attached hydrogen (secondary N) is 1. The van der Waals surface area contributed by atoms with Crippen molar-refractivity contribution < 1.29 is 19.1 Å². The lowest BCUT2D eigenvalue weighted by Gasteiger charge is -2.12. The van der Waals surface area contributed by atoms with Gasteiger partial charge in [0.2, 0.25) is 4.96 Å². The zero-order valence-electron chi connectivity index (χ0n) is 18.8. The number of benzene rings is 2. The Morgan fingerprint density at radius 2 is 1.85 bits per heavy atom. The summed E-state index contributed by atoms with van der Waals surface area (Å²) in [6.45, 7) is 5.33. The van der Waals surface area contributed by atoms with Crippen LogP contribution in [-0.4, -0.2) is 33.1 Å². The third kappa shape index (κ3) is 5.29. The first-order valence-electron chi connectivity index (χ1n) is 10.4. The molecule has 4 aromatic rings. The summed E-state index contributed by atoms with van der Waals surface area (Å²) < 4.78 is 12.1. The molecule has 2 aromatic heterocycles. The third-order valence-corrected chi connectivity index (χ3v) is 5.84. The normalized spacial score (nSPS) is 10.8. The van der Waals surface area contributed by atoms with Gasteiger partial charge in [-0.15, -0.1) is 0 Å². The van der Waals surface area contributed by atoms with Crippen LogP contribution in [0.1, 0.15) is 32.2 Å². The van der Waals surface area contributed by atoms with Gasteiger partial charge in [0.15, 0.2) is 6.61 Å². The molecule has 0 aliphatic rings. The van der Waals surface area contributed by atoms with Crippen LogP contribution in [0.4, 0.5) is 5.69 Å². The largest absolute Gasteiger partial charge is 0.484 e. The number of aromatic nitrogens is 3. The average Bonchev–Trinajstić information content (AvgIpc) is 3.19. The van der Waals surface area contributed by atoms with Crippen molar-refractivity contribution in [3.63, 3.8) is 0 Å². The lowest BCUT2D eigenvalue weighted by atomic mass is 10.1. The van der Waals surface area contributed by atoms with Crippen LogP contribution in [0.5, 0.6) is 5.75 Å². The zero-order chi connectivity index (χ0) is 24.2. The second-order valence-corrected chi connectivity index (χ2v) is 8.77. The number of anilines is 1. The highest BCUT2D eigenvalue weighted by Gasteiger charge is 2.16. The topological polar surface area (TPSA) is 112 Å². The highest BCUT2D eigenvalue weighted by molar-refractivity contribution is 7.16. The van der Waals surface area contributed by atoms with E-state index in [9.17, 15) is 14.4 Å². The average molecular weight is 479 g/mol. The van der Waals surface area contributed by atoms with Crippen LogP contribution >= 0.6 is 11.3 Å². The van der Waals surface area contributed by atoms with E-state index in [2.05, 4.69) is 15.4 Å². The van der Waals surface area contributed by atoms with Crippen LogP contribution in [0.2, 0.25) is 0 Å². The van der Waals surface area contributed by atoms with Gasteiger partial charge in [0.05, 0.1) is 16.9 Å². The summed E-state index contributed by atoms with van der Waals surface area (Å²) in [5.41, 5.74) is 2.62. The van der Waals surface area contributed by atoms with Crippen molar-refractivity contribution in [3.05, 3.63) is 86.3 Å². The molecule has 2 aromatic carbocycles. The monoisotopic (exact) mass is 478 g/mol. The Balaban J connectivity index is 1.40. The predicted octanol–water partition coefficient (Wildman–Crippen LogP) is 3.45. The predicted molar refractivity (Wildman–Crippen MR) is 127 cm³/mol. The van der Waals surface area contributed by atoms with Gasteiger partial charge in [-0.25, -0.2) is 9.78 Å². The summed E-state index contributed by atoms with van der Waals surface area (Å²) in [6.07, 6.45) is 0. The summed E-state index contributed by atoms with van der Waals surface area (Å²) in [5.74, 6) is -0.491. The number of carbonyl (C=O) groups is 2. The molecule has 0 bridgehead atoms. The molecule has 34 heavy (non-hydrogen) atoms. The van der Waals surface area contributed by atoms with Crippen molar-refractivity contribution >= 4 is 33.9 Å². The van der Waals surface area contributed by atoms with Gasteiger partial charge < -0.3 is 14.8 Å². The van der Waals surface area contributed by atoms with E-state index in [1.165, 1.54) is 21.9 Å². The molecule has 174 valence electrons. The van der Waals surface area contributed by atoms with Crippen LogP contribution in [0, 0.1) is 20.8 Å². The minimum absolute atomic E-state index is 0.175. The Morgan fingerprint density at radius 1 is 1.06 bits per heavy atom. The van der Waals surface area contributed by atoms with Crippen molar-refractivity contribution in [2.24, 2.45) is 0 Å². The number of rotatable bonds is 7. The first-order chi connectivity index (χ1) is 16.3. The molecule has 0 aliphatic carbocycles. The number of amides is 1. The van der Waals surface area contributed by atoms with E-state index in [0.29, 0.717) is 27.1 Å². The van der Waals surface area contributed by atoms with Crippen molar-refractivity contribution in [3.8, 4) is 5.75 Å². The number of hydrogen-bond donors (Lipinski definition) is 1. The molecule has 0 aliphatic heterocycles. The van der Waals surface area contributed by atoms with E-state index in [-0.39, 0.29) is 24.3 Å². The maximum absolute atomic E-state index is 12.7. The molecular formula is C24H22N4O5S. The Labute approximate surface area is 199 Å². The zero-order valence-corrected chi connectivity index (χ0v) is 19.6. The van der Waals surface area contributed by atoms with E-state index >= 15 is 0 Å². The molecule has 0 atom stereocenters. The summed E-state index contributed by atoms with van der Waals surface area (Å²) >= 11 is 1.27. The van der Waals surface area contributed by atoms with Crippen LogP contribution < -0.4 is 15.6 Å². The Morgan fingerprint density at radius 3 is 2.65 bits per heavy atom. The van der Waals surface area contributed by atoms with E-state index in [1.54, 1.807) is 37.3 Å². The standard InChI is InChI=1S/C24H22N4O5S/c1-14-8-9-18(10-15(14)2)32-13-21(29)26-20-7-5-4-6-19(20)23(31)33-12-17-11-22(30)28-24(25-17)34-16(3)27-28/h4-11H,12-13H2,1-3H3,(H,26,29). The highest BCUT2D eigenvalue weighted by Crippen LogP contribution is 2.19. The summed E-state index contributed by atoms with van der Waals surface area (Å²) in [6, 6.07) is 13.3. The quantitative estimate of drug-likeness (QED) is 0.405. The first-order valence-corrected chi connectivity index (χ1v) is 11.2. The van der Waals surface area contributed by atoms with Gasteiger partial charge in [-0.05, 0) is 56.2 Å². The van der Waals surface area contributed by atoms with E-state index in [4.69, 9.17) is 9.47 Å². The van der Waals surface area contributed by atoms with E-state index < -0.39 is 11.9 Å². The van der Waals surface area contributed by atoms with Crippen molar-refractivity contribution in [2.75, 3.05) is 11.9 Å². The summed E-state index contributed by atoms with van der Waals surface area (Å²) in [5, 5.41) is 7.46. The molecule has 9 nitrogen and oxygen atoms in total. The van der Waals surface area contributed by atoms with Crippen molar-refractivity contribution in [1.82, 2.24) is 14.6 Å². The van der Waals surface area contributed by atoms with Gasteiger partial charge in [0.25, 0.3) is 11.5 Å². The van der Waals surface area contributed by atoms with Crippen molar-refractivity contribution in [1.29, 1.82) is 0 Å².